The molecule has 0 amide bonds. The van der Waals surface area contributed by atoms with Crippen molar-refractivity contribution in [2.24, 2.45) is 11.7 Å². The molecule has 0 aromatic heterocycles. The molecule has 1 saturated heterocycles. The molecule has 1 aromatic carbocycles. The average molecular weight is 274 g/mol. The van der Waals surface area contributed by atoms with Crippen LogP contribution >= 0.6 is 0 Å². The van der Waals surface area contributed by atoms with E-state index >= 15 is 0 Å². The van der Waals surface area contributed by atoms with Gasteiger partial charge in [0, 0.05) is 18.1 Å². The van der Waals surface area contributed by atoms with E-state index in [0.717, 1.165) is 0 Å². The number of hydrogen-bond donors (Lipinski definition) is 1. The Bertz CT molecular complexity index is 386. The zero-order valence-corrected chi connectivity index (χ0v) is 13.3. The van der Waals surface area contributed by atoms with Crippen molar-refractivity contribution >= 4 is 0 Å². The molecule has 2 N–H and O–H groups in total. The van der Waals surface area contributed by atoms with Gasteiger partial charge in [0.25, 0.3) is 0 Å². The molecule has 2 rings (SSSR count). The monoisotopic (exact) mass is 274 g/mol. The van der Waals surface area contributed by atoms with Gasteiger partial charge in [-0.05, 0) is 44.2 Å². The fourth-order valence-corrected chi connectivity index (χ4v) is 3.52. The van der Waals surface area contributed by atoms with Crippen LogP contribution in [0.1, 0.15) is 58.1 Å². The van der Waals surface area contributed by atoms with E-state index in [0.29, 0.717) is 18.0 Å². The van der Waals surface area contributed by atoms with Crippen LogP contribution in [0, 0.1) is 5.92 Å². The van der Waals surface area contributed by atoms with E-state index in [-0.39, 0.29) is 6.04 Å². The van der Waals surface area contributed by atoms with Crippen LogP contribution in [0.25, 0.3) is 0 Å². The summed E-state index contributed by atoms with van der Waals surface area (Å²) in [5.74, 6) is 0.705. The highest BCUT2D eigenvalue weighted by Gasteiger charge is 2.31. The fraction of sp³-hybridized carbons (Fsp3) is 0.667. The summed E-state index contributed by atoms with van der Waals surface area (Å²) in [6, 6.07) is 12.3. The van der Waals surface area contributed by atoms with E-state index in [9.17, 15) is 0 Å². The molecule has 2 heteroatoms. The van der Waals surface area contributed by atoms with Gasteiger partial charge in [-0.2, -0.15) is 0 Å². The summed E-state index contributed by atoms with van der Waals surface area (Å²) >= 11 is 0. The SMILES string of the molecule is CC(C)CC(c1ccccc1)N1CCCCC1C(C)N. The molecule has 0 spiro atoms. The lowest BCUT2D eigenvalue weighted by Crippen LogP contribution is -2.50. The van der Waals surface area contributed by atoms with Crippen LogP contribution in [-0.4, -0.2) is 23.5 Å². The Hall–Kier alpha value is -0.860. The standard InChI is InChI=1S/C18H30N2/c1-14(2)13-18(16-9-5-4-6-10-16)20-12-8-7-11-17(20)15(3)19/h4-6,9-10,14-15,17-18H,7-8,11-13,19H2,1-3H3. The summed E-state index contributed by atoms with van der Waals surface area (Å²) in [6.45, 7) is 8.00. The molecule has 0 aliphatic carbocycles. The van der Waals surface area contributed by atoms with E-state index < -0.39 is 0 Å². The largest absolute Gasteiger partial charge is 0.327 e. The van der Waals surface area contributed by atoms with Gasteiger partial charge in [-0.3, -0.25) is 4.90 Å². The lowest BCUT2D eigenvalue weighted by atomic mass is 9.89. The van der Waals surface area contributed by atoms with E-state index in [2.05, 4.69) is 56.0 Å². The van der Waals surface area contributed by atoms with Crippen molar-refractivity contribution in [3.63, 3.8) is 0 Å². The third-order valence-corrected chi connectivity index (χ3v) is 4.48. The molecule has 3 atom stereocenters. The van der Waals surface area contributed by atoms with Gasteiger partial charge in [0.1, 0.15) is 0 Å². The first kappa shape index (κ1) is 15.5. The van der Waals surface area contributed by atoms with Crippen LogP contribution in [-0.2, 0) is 0 Å². The molecule has 2 nitrogen and oxygen atoms in total. The third-order valence-electron chi connectivity index (χ3n) is 4.48. The predicted molar refractivity (Wildman–Crippen MR) is 86.6 cm³/mol. The molecule has 1 aliphatic heterocycles. The first-order chi connectivity index (χ1) is 9.59. The quantitative estimate of drug-likeness (QED) is 0.880. The number of piperidine rings is 1. The van der Waals surface area contributed by atoms with Crippen LogP contribution < -0.4 is 5.73 Å². The second kappa shape index (κ2) is 7.24. The summed E-state index contributed by atoms with van der Waals surface area (Å²) in [5, 5.41) is 0. The minimum absolute atomic E-state index is 0.258. The average Bonchev–Trinajstić information content (AvgIpc) is 2.45. The lowest BCUT2D eigenvalue weighted by Gasteiger charge is -2.44. The van der Waals surface area contributed by atoms with Crippen molar-refractivity contribution in [3.8, 4) is 0 Å². The van der Waals surface area contributed by atoms with Gasteiger partial charge < -0.3 is 5.73 Å². The topological polar surface area (TPSA) is 29.3 Å². The zero-order valence-electron chi connectivity index (χ0n) is 13.3. The van der Waals surface area contributed by atoms with Crippen molar-refractivity contribution < 1.29 is 0 Å². The molecule has 0 radical (unpaired) electrons. The smallest absolute Gasteiger partial charge is 0.0354 e. The van der Waals surface area contributed by atoms with Gasteiger partial charge in [0.05, 0.1) is 0 Å². The molecule has 0 bridgehead atoms. The molecule has 112 valence electrons. The van der Waals surface area contributed by atoms with Gasteiger partial charge in [0.15, 0.2) is 0 Å². The Morgan fingerprint density at radius 2 is 1.85 bits per heavy atom. The van der Waals surface area contributed by atoms with E-state index in [1.165, 1.54) is 37.8 Å². The maximum absolute atomic E-state index is 6.26. The number of hydrogen-bond acceptors (Lipinski definition) is 2. The second-order valence-electron chi connectivity index (χ2n) is 6.72. The molecule has 20 heavy (non-hydrogen) atoms. The summed E-state index contributed by atoms with van der Waals surface area (Å²) in [4.78, 5) is 2.68. The van der Waals surface area contributed by atoms with Crippen LogP contribution in [0.2, 0.25) is 0 Å². The fourth-order valence-electron chi connectivity index (χ4n) is 3.52. The Labute approximate surface area is 124 Å². The van der Waals surface area contributed by atoms with Crippen LogP contribution in [0.3, 0.4) is 0 Å². The maximum Gasteiger partial charge on any atom is 0.0354 e. The Balaban J connectivity index is 2.24. The van der Waals surface area contributed by atoms with Gasteiger partial charge in [-0.1, -0.05) is 50.6 Å². The summed E-state index contributed by atoms with van der Waals surface area (Å²) in [6.07, 6.45) is 5.10. The molecule has 1 fully saturated rings. The van der Waals surface area contributed by atoms with Crippen molar-refractivity contribution in [1.82, 2.24) is 4.90 Å². The number of nitrogens with zero attached hydrogens (tertiary/aromatic N) is 1. The highest BCUT2D eigenvalue weighted by Crippen LogP contribution is 2.34. The van der Waals surface area contributed by atoms with Crippen LogP contribution in [0.15, 0.2) is 30.3 Å². The minimum atomic E-state index is 0.258. The third kappa shape index (κ3) is 3.83. The van der Waals surface area contributed by atoms with E-state index in [1.54, 1.807) is 0 Å². The Morgan fingerprint density at radius 1 is 1.15 bits per heavy atom. The van der Waals surface area contributed by atoms with Gasteiger partial charge >= 0.3 is 0 Å². The molecule has 1 aromatic rings. The first-order valence-corrected chi connectivity index (χ1v) is 8.16. The zero-order chi connectivity index (χ0) is 14.5. The molecule has 0 saturated carbocycles. The first-order valence-electron chi connectivity index (χ1n) is 8.16. The minimum Gasteiger partial charge on any atom is -0.327 e. The van der Waals surface area contributed by atoms with Gasteiger partial charge in [-0.15, -0.1) is 0 Å². The Morgan fingerprint density at radius 3 is 2.45 bits per heavy atom. The van der Waals surface area contributed by atoms with Crippen LogP contribution in [0.5, 0.6) is 0 Å². The van der Waals surface area contributed by atoms with Gasteiger partial charge in [-0.25, -0.2) is 0 Å². The van der Waals surface area contributed by atoms with Gasteiger partial charge in [0.2, 0.25) is 0 Å². The van der Waals surface area contributed by atoms with Crippen LogP contribution in [0.4, 0.5) is 0 Å². The normalized spacial score (nSPS) is 23.8. The molecule has 1 heterocycles. The number of nitrogens with two attached hydrogens (primary N) is 1. The number of likely N-dealkylation sites (tertiary alicyclic amines) is 1. The Kier molecular flexibility index (Phi) is 5.62. The predicted octanol–water partition coefficient (Wildman–Crippen LogP) is 3.98. The van der Waals surface area contributed by atoms with Crippen molar-refractivity contribution in [3.05, 3.63) is 35.9 Å². The summed E-state index contributed by atoms with van der Waals surface area (Å²) in [7, 11) is 0. The van der Waals surface area contributed by atoms with E-state index in [1.807, 2.05) is 0 Å². The second-order valence-corrected chi connectivity index (χ2v) is 6.72. The molecular formula is C18H30N2. The van der Waals surface area contributed by atoms with Crippen molar-refractivity contribution in [2.75, 3.05) is 6.54 Å². The van der Waals surface area contributed by atoms with Crippen molar-refractivity contribution in [1.29, 1.82) is 0 Å². The lowest BCUT2D eigenvalue weighted by molar-refractivity contribution is 0.0696. The highest BCUT2D eigenvalue weighted by atomic mass is 15.2. The molecule has 1 aliphatic rings. The maximum atomic E-state index is 6.26. The summed E-state index contributed by atoms with van der Waals surface area (Å²) in [5.41, 5.74) is 7.72. The van der Waals surface area contributed by atoms with E-state index in [4.69, 9.17) is 5.73 Å². The molecular weight excluding hydrogens is 244 g/mol. The number of rotatable bonds is 5. The molecule has 3 unspecified atom stereocenters. The summed E-state index contributed by atoms with van der Waals surface area (Å²) < 4.78 is 0. The highest BCUT2D eigenvalue weighted by molar-refractivity contribution is 5.19. The van der Waals surface area contributed by atoms with Crippen molar-refractivity contribution in [2.45, 2.75) is 64.6 Å². The number of benzene rings is 1.